The molecule has 1 aliphatic rings. The minimum absolute atomic E-state index is 0.722. The number of aromatic nitrogens is 2. The summed E-state index contributed by atoms with van der Waals surface area (Å²) >= 11 is 0. The fourth-order valence-corrected chi connectivity index (χ4v) is 3.11. The van der Waals surface area contributed by atoms with Gasteiger partial charge in [0.2, 0.25) is 5.95 Å². The van der Waals surface area contributed by atoms with Crippen molar-refractivity contribution in [2.24, 2.45) is 4.99 Å². The van der Waals surface area contributed by atoms with Gasteiger partial charge in [0.1, 0.15) is 5.75 Å². The SMILES string of the molecule is CN=C(NCCN1CCN(c2ncccn2)CC1)NCc1ccc(OC)cc1. The Labute approximate surface area is 166 Å². The standard InChI is InChI=1S/C20H29N7O/c1-21-19(25-16-17-4-6-18(28-2)7-5-17)22-10-11-26-12-14-27(15-13-26)20-23-8-3-9-24-20/h3-9H,10-16H2,1-2H3,(H2,21,22,25). The maximum Gasteiger partial charge on any atom is 0.225 e. The van der Waals surface area contributed by atoms with Crippen molar-refractivity contribution in [3.63, 3.8) is 0 Å². The maximum atomic E-state index is 5.19. The van der Waals surface area contributed by atoms with Crippen LogP contribution in [-0.4, -0.2) is 74.3 Å². The van der Waals surface area contributed by atoms with Gasteiger partial charge in [-0.05, 0) is 23.8 Å². The van der Waals surface area contributed by atoms with Crippen LogP contribution < -0.4 is 20.3 Å². The number of benzene rings is 1. The van der Waals surface area contributed by atoms with E-state index in [9.17, 15) is 0 Å². The predicted octanol–water partition coefficient (Wildman–Crippen LogP) is 0.972. The van der Waals surface area contributed by atoms with E-state index >= 15 is 0 Å². The highest BCUT2D eigenvalue weighted by molar-refractivity contribution is 5.79. The Balaban J connectivity index is 1.34. The number of nitrogens with one attached hydrogen (secondary N) is 2. The molecule has 1 fully saturated rings. The average Bonchev–Trinajstić information content (AvgIpc) is 2.77. The van der Waals surface area contributed by atoms with Crippen LogP contribution in [0.25, 0.3) is 0 Å². The molecule has 0 aliphatic carbocycles. The number of guanidine groups is 1. The summed E-state index contributed by atoms with van der Waals surface area (Å²) < 4.78 is 5.19. The van der Waals surface area contributed by atoms with Gasteiger partial charge in [0.25, 0.3) is 0 Å². The number of hydrogen-bond acceptors (Lipinski definition) is 6. The largest absolute Gasteiger partial charge is 0.497 e. The molecule has 2 heterocycles. The van der Waals surface area contributed by atoms with Gasteiger partial charge in [0.15, 0.2) is 5.96 Å². The van der Waals surface area contributed by atoms with Crippen LogP contribution in [0, 0.1) is 0 Å². The van der Waals surface area contributed by atoms with Crippen LogP contribution in [0.4, 0.5) is 5.95 Å². The highest BCUT2D eigenvalue weighted by Crippen LogP contribution is 2.11. The molecule has 1 aliphatic heterocycles. The summed E-state index contributed by atoms with van der Waals surface area (Å²) in [5.41, 5.74) is 1.18. The monoisotopic (exact) mass is 383 g/mol. The molecule has 150 valence electrons. The predicted molar refractivity (Wildman–Crippen MR) is 112 cm³/mol. The molecule has 1 saturated heterocycles. The van der Waals surface area contributed by atoms with Gasteiger partial charge < -0.3 is 20.3 Å². The molecule has 0 unspecified atom stereocenters. The number of hydrogen-bond donors (Lipinski definition) is 2. The van der Waals surface area contributed by atoms with Crippen molar-refractivity contribution >= 4 is 11.9 Å². The number of nitrogens with zero attached hydrogens (tertiary/aromatic N) is 5. The minimum atomic E-state index is 0.722. The van der Waals surface area contributed by atoms with Crippen LogP contribution >= 0.6 is 0 Å². The van der Waals surface area contributed by atoms with E-state index in [1.165, 1.54) is 5.56 Å². The third-order valence-electron chi connectivity index (χ3n) is 4.77. The van der Waals surface area contributed by atoms with Crippen LogP contribution in [0.5, 0.6) is 5.75 Å². The first-order chi connectivity index (χ1) is 13.8. The number of methoxy groups -OCH3 is 1. The lowest BCUT2D eigenvalue weighted by molar-refractivity contribution is 0.260. The summed E-state index contributed by atoms with van der Waals surface area (Å²) in [5, 5.41) is 6.73. The van der Waals surface area contributed by atoms with Gasteiger partial charge in [-0.15, -0.1) is 0 Å². The second kappa shape index (κ2) is 10.5. The van der Waals surface area contributed by atoms with Crippen LogP contribution in [0.3, 0.4) is 0 Å². The lowest BCUT2D eigenvalue weighted by Gasteiger charge is -2.34. The zero-order valence-electron chi connectivity index (χ0n) is 16.6. The van der Waals surface area contributed by atoms with Gasteiger partial charge in [0.05, 0.1) is 7.11 Å². The molecule has 0 radical (unpaired) electrons. The molecular formula is C20H29N7O. The summed E-state index contributed by atoms with van der Waals surface area (Å²) in [6, 6.07) is 9.88. The number of rotatable bonds is 7. The Morgan fingerprint density at radius 2 is 1.79 bits per heavy atom. The van der Waals surface area contributed by atoms with E-state index in [0.29, 0.717) is 0 Å². The van der Waals surface area contributed by atoms with Crippen LogP contribution in [0.2, 0.25) is 0 Å². The first-order valence-corrected chi connectivity index (χ1v) is 9.60. The van der Waals surface area contributed by atoms with E-state index in [1.807, 2.05) is 18.2 Å². The van der Waals surface area contributed by atoms with Crippen molar-refractivity contribution < 1.29 is 4.74 Å². The van der Waals surface area contributed by atoms with E-state index in [-0.39, 0.29) is 0 Å². The first kappa shape index (κ1) is 19.9. The zero-order chi connectivity index (χ0) is 19.6. The second-order valence-corrected chi connectivity index (χ2v) is 6.58. The Morgan fingerprint density at radius 1 is 1.07 bits per heavy atom. The topological polar surface area (TPSA) is 77.9 Å². The quantitative estimate of drug-likeness (QED) is 0.545. The maximum absolute atomic E-state index is 5.19. The van der Waals surface area contributed by atoms with Crippen molar-refractivity contribution in [3.05, 3.63) is 48.3 Å². The Kier molecular flexibility index (Phi) is 7.43. The highest BCUT2D eigenvalue weighted by atomic mass is 16.5. The molecule has 8 heteroatoms. The molecular weight excluding hydrogens is 354 g/mol. The smallest absolute Gasteiger partial charge is 0.225 e. The number of ether oxygens (including phenoxy) is 1. The summed E-state index contributed by atoms with van der Waals surface area (Å²) in [7, 11) is 3.47. The summed E-state index contributed by atoms with van der Waals surface area (Å²) in [5.74, 6) is 2.50. The molecule has 0 bridgehead atoms. The van der Waals surface area contributed by atoms with Gasteiger partial charge in [-0.25, -0.2) is 9.97 Å². The number of piperazine rings is 1. The lowest BCUT2D eigenvalue weighted by Crippen LogP contribution is -2.49. The minimum Gasteiger partial charge on any atom is -0.497 e. The summed E-state index contributed by atoms with van der Waals surface area (Å²) in [6.45, 7) is 6.48. The molecule has 2 aromatic rings. The highest BCUT2D eigenvalue weighted by Gasteiger charge is 2.18. The molecule has 3 rings (SSSR count). The van der Waals surface area contributed by atoms with Gasteiger partial charge in [-0.1, -0.05) is 12.1 Å². The van der Waals surface area contributed by atoms with Crippen molar-refractivity contribution in [3.8, 4) is 5.75 Å². The third kappa shape index (κ3) is 5.82. The molecule has 28 heavy (non-hydrogen) atoms. The fraction of sp³-hybridized carbons (Fsp3) is 0.450. The molecule has 8 nitrogen and oxygen atoms in total. The summed E-state index contributed by atoms with van der Waals surface area (Å²) in [6.07, 6.45) is 3.59. The fourth-order valence-electron chi connectivity index (χ4n) is 3.11. The van der Waals surface area contributed by atoms with E-state index in [0.717, 1.165) is 63.5 Å². The Hall–Kier alpha value is -2.87. The molecule has 2 N–H and O–H groups in total. The van der Waals surface area contributed by atoms with Gasteiger partial charge in [0, 0.05) is 65.3 Å². The molecule has 0 saturated carbocycles. The van der Waals surface area contributed by atoms with Gasteiger partial charge in [-0.3, -0.25) is 9.89 Å². The molecule has 1 aromatic heterocycles. The second-order valence-electron chi connectivity index (χ2n) is 6.58. The zero-order valence-corrected chi connectivity index (χ0v) is 16.6. The molecule has 0 atom stereocenters. The summed E-state index contributed by atoms with van der Waals surface area (Å²) in [4.78, 5) is 17.6. The Bertz CT molecular complexity index is 728. The lowest BCUT2D eigenvalue weighted by atomic mass is 10.2. The third-order valence-corrected chi connectivity index (χ3v) is 4.77. The van der Waals surface area contributed by atoms with Crippen molar-refractivity contribution in [1.82, 2.24) is 25.5 Å². The normalized spacial score (nSPS) is 15.4. The van der Waals surface area contributed by atoms with E-state index in [1.54, 1.807) is 26.6 Å². The average molecular weight is 384 g/mol. The molecule has 0 spiro atoms. The van der Waals surface area contributed by atoms with Crippen molar-refractivity contribution in [2.75, 3.05) is 58.3 Å². The van der Waals surface area contributed by atoms with Crippen LogP contribution in [0.15, 0.2) is 47.7 Å². The van der Waals surface area contributed by atoms with Crippen LogP contribution in [0.1, 0.15) is 5.56 Å². The first-order valence-electron chi connectivity index (χ1n) is 9.60. The van der Waals surface area contributed by atoms with E-state index in [4.69, 9.17) is 4.74 Å². The Morgan fingerprint density at radius 3 is 2.43 bits per heavy atom. The number of anilines is 1. The molecule has 0 amide bonds. The van der Waals surface area contributed by atoms with Crippen LogP contribution in [-0.2, 0) is 6.54 Å². The van der Waals surface area contributed by atoms with E-state index in [2.05, 4.69) is 47.5 Å². The van der Waals surface area contributed by atoms with Crippen molar-refractivity contribution in [2.45, 2.75) is 6.54 Å². The van der Waals surface area contributed by atoms with Gasteiger partial charge in [-0.2, -0.15) is 0 Å². The van der Waals surface area contributed by atoms with Gasteiger partial charge >= 0.3 is 0 Å². The van der Waals surface area contributed by atoms with E-state index < -0.39 is 0 Å². The number of aliphatic imine (C=N–C) groups is 1. The molecule has 1 aromatic carbocycles. The van der Waals surface area contributed by atoms with Crippen molar-refractivity contribution in [1.29, 1.82) is 0 Å².